The lowest BCUT2D eigenvalue weighted by Gasteiger charge is -2.28. The molecule has 1 saturated heterocycles. The lowest BCUT2D eigenvalue weighted by Crippen LogP contribution is -2.40. The number of amidine groups is 1. The van der Waals surface area contributed by atoms with Gasteiger partial charge < -0.3 is 31.4 Å². The van der Waals surface area contributed by atoms with E-state index in [1.54, 1.807) is 0 Å². The number of benzene rings is 1. The molecule has 3 fully saturated rings. The maximum atomic E-state index is 12.6. The standard InChI is InChI=1S/C29H40N6O2/c1-19-15-21(7-10-24(19)29(36)33-23-8-9-23)25(17-30)28-34-26(31-18-20-11-13-37-14-12-20)16-27(35-28)32-22-5-3-2-4-6-22/h7,10,15-17,20,22-23,30-31,34H,2-6,8-9,11-14,18H2,1H3,(H,32,35)(H,33,36)/b28-25-,30-17?. The average molecular weight is 505 g/mol. The fraction of sp³-hybridized carbons (Fsp3) is 0.552. The van der Waals surface area contributed by atoms with Gasteiger partial charge in [-0.3, -0.25) is 4.79 Å². The Balaban J connectivity index is 1.38. The topological polar surface area (TPSA) is 111 Å². The molecule has 5 rings (SSSR count). The second-order valence-corrected chi connectivity index (χ2v) is 10.8. The molecule has 2 aliphatic heterocycles. The Labute approximate surface area is 219 Å². The van der Waals surface area contributed by atoms with Crippen LogP contribution in [0.15, 0.2) is 40.9 Å². The molecular weight excluding hydrogens is 464 g/mol. The maximum absolute atomic E-state index is 12.6. The number of amides is 1. The van der Waals surface area contributed by atoms with Crippen LogP contribution in [0.5, 0.6) is 0 Å². The highest BCUT2D eigenvalue weighted by molar-refractivity contribution is 6.11. The monoisotopic (exact) mass is 504 g/mol. The highest BCUT2D eigenvalue weighted by atomic mass is 16.5. The number of allylic oxidation sites excluding steroid dienone is 1. The Morgan fingerprint density at radius 2 is 1.89 bits per heavy atom. The predicted octanol–water partition coefficient (Wildman–Crippen LogP) is 3.99. The van der Waals surface area contributed by atoms with Crippen molar-refractivity contribution in [2.24, 2.45) is 10.9 Å². The van der Waals surface area contributed by atoms with E-state index in [-0.39, 0.29) is 5.91 Å². The quantitative estimate of drug-likeness (QED) is 0.344. The van der Waals surface area contributed by atoms with Gasteiger partial charge in [-0.2, -0.15) is 0 Å². The molecule has 2 aliphatic carbocycles. The number of hydrogen-bond donors (Lipinski definition) is 5. The molecule has 4 aliphatic rings. The van der Waals surface area contributed by atoms with Crippen molar-refractivity contribution in [2.45, 2.75) is 76.8 Å². The van der Waals surface area contributed by atoms with Gasteiger partial charge in [0.1, 0.15) is 17.5 Å². The van der Waals surface area contributed by atoms with Gasteiger partial charge in [-0.05, 0) is 68.6 Å². The van der Waals surface area contributed by atoms with E-state index in [0.717, 1.165) is 81.1 Å². The summed E-state index contributed by atoms with van der Waals surface area (Å²) in [5, 5.41) is 22.0. The predicted molar refractivity (Wildman–Crippen MR) is 148 cm³/mol. The van der Waals surface area contributed by atoms with E-state index in [0.29, 0.717) is 35.0 Å². The molecule has 0 aromatic heterocycles. The highest BCUT2D eigenvalue weighted by Gasteiger charge is 2.25. The summed E-state index contributed by atoms with van der Waals surface area (Å²) < 4.78 is 5.52. The molecule has 2 heterocycles. The Hall–Kier alpha value is -3.13. The number of ether oxygens (including phenoxy) is 1. The number of hydrogen-bond acceptors (Lipinski definition) is 7. The van der Waals surface area contributed by atoms with E-state index in [9.17, 15) is 4.79 Å². The molecule has 0 spiro atoms. The van der Waals surface area contributed by atoms with Crippen LogP contribution in [0.2, 0.25) is 0 Å². The molecule has 1 amide bonds. The Kier molecular flexibility index (Phi) is 8.24. The first-order chi connectivity index (χ1) is 18.1. The van der Waals surface area contributed by atoms with Gasteiger partial charge in [-0.1, -0.05) is 31.4 Å². The summed E-state index contributed by atoms with van der Waals surface area (Å²) in [6.45, 7) is 4.47. The van der Waals surface area contributed by atoms with Crippen molar-refractivity contribution >= 4 is 23.5 Å². The molecule has 37 heavy (non-hydrogen) atoms. The number of carbonyl (C=O) groups is 1. The van der Waals surface area contributed by atoms with Crippen LogP contribution in [0, 0.1) is 18.3 Å². The number of carbonyl (C=O) groups excluding carboxylic acids is 1. The van der Waals surface area contributed by atoms with Crippen LogP contribution in [0.4, 0.5) is 0 Å². The molecule has 198 valence electrons. The zero-order chi connectivity index (χ0) is 25.6. The fourth-order valence-corrected chi connectivity index (χ4v) is 5.30. The minimum Gasteiger partial charge on any atom is -0.381 e. The zero-order valence-electron chi connectivity index (χ0n) is 21.9. The maximum Gasteiger partial charge on any atom is 0.251 e. The van der Waals surface area contributed by atoms with E-state index < -0.39 is 0 Å². The third-order valence-corrected chi connectivity index (χ3v) is 7.74. The van der Waals surface area contributed by atoms with Crippen LogP contribution < -0.4 is 21.3 Å². The van der Waals surface area contributed by atoms with E-state index in [1.165, 1.54) is 25.5 Å². The molecule has 0 radical (unpaired) electrons. The molecule has 0 bridgehead atoms. The molecule has 0 atom stereocenters. The number of aryl methyl sites for hydroxylation is 1. The van der Waals surface area contributed by atoms with Gasteiger partial charge in [0, 0.05) is 55.3 Å². The molecule has 8 nitrogen and oxygen atoms in total. The first-order valence-corrected chi connectivity index (χ1v) is 13.9. The minimum atomic E-state index is -0.0223. The van der Waals surface area contributed by atoms with Crippen LogP contribution in [0.3, 0.4) is 0 Å². The SMILES string of the molecule is Cc1cc(/C(C=N)=C2\N=C(NC3CCCCC3)C=C(NCC3CCOCC3)N2)ccc1C(=O)NC1CC1. The molecule has 1 aromatic rings. The fourth-order valence-electron chi connectivity index (χ4n) is 5.30. The average Bonchev–Trinajstić information content (AvgIpc) is 3.73. The smallest absolute Gasteiger partial charge is 0.251 e. The second-order valence-electron chi connectivity index (χ2n) is 10.8. The first kappa shape index (κ1) is 25.5. The van der Waals surface area contributed by atoms with Crippen molar-refractivity contribution in [2.75, 3.05) is 19.8 Å². The van der Waals surface area contributed by atoms with E-state index in [2.05, 4.69) is 27.3 Å². The molecule has 5 N–H and O–H groups in total. The summed E-state index contributed by atoms with van der Waals surface area (Å²) in [6.07, 6.45) is 13.8. The van der Waals surface area contributed by atoms with Crippen LogP contribution in [0.25, 0.3) is 5.57 Å². The van der Waals surface area contributed by atoms with Crippen molar-refractivity contribution in [3.05, 3.63) is 52.6 Å². The van der Waals surface area contributed by atoms with Crippen LogP contribution in [-0.4, -0.2) is 49.8 Å². The third-order valence-electron chi connectivity index (χ3n) is 7.74. The summed E-state index contributed by atoms with van der Waals surface area (Å²) in [4.78, 5) is 17.5. The number of nitrogens with one attached hydrogen (secondary N) is 5. The van der Waals surface area contributed by atoms with E-state index in [1.807, 2.05) is 25.1 Å². The lowest BCUT2D eigenvalue weighted by molar-refractivity contribution is 0.0669. The number of aliphatic imine (C=N–C) groups is 1. The summed E-state index contributed by atoms with van der Waals surface area (Å²) in [6, 6.07) is 6.51. The zero-order valence-corrected chi connectivity index (χ0v) is 21.9. The van der Waals surface area contributed by atoms with Gasteiger partial charge in [0.2, 0.25) is 0 Å². The van der Waals surface area contributed by atoms with Crippen LogP contribution in [-0.2, 0) is 4.74 Å². The van der Waals surface area contributed by atoms with Gasteiger partial charge in [0.25, 0.3) is 5.91 Å². The summed E-state index contributed by atoms with van der Waals surface area (Å²) in [5.74, 6) is 2.92. The Morgan fingerprint density at radius 3 is 2.59 bits per heavy atom. The first-order valence-electron chi connectivity index (χ1n) is 13.9. The number of rotatable bonds is 8. The molecule has 1 aromatic carbocycles. The van der Waals surface area contributed by atoms with E-state index >= 15 is 0 Å². The minimum absolute atomic E-state index is 0.0223. The molecular formula is C29H40N6O2. The molecule has 0 unspecified atom stereocenters. The highest BCUT2D eigenvalue weighted by Crippen LogP contribution is 2.25. The van der Waals surface area contributed by atoms with Gasteiger partial charge in [-0.25, -0.2) is 4.99 Å². The summed E-state index contributed by atoms with van der Waals surface area (Å²) >= 11 is 0. The second kappa shape index (κ2) is 11.9. The summed E-state index contributed by atoms with van der Waals surface area (Å²) in [7, 11) is 0. The van der Waals surface area contributed by atoms with Gasteiger partial charge >= 0.3 is 0 Å². The largest absolute Gasteiger partial charge is 0.381 e. The van der Waals surface area contributed by atoms with Crippen molar-refractivity contribution in [3.8, 4) is 0 Å². The van der Waals surface area contributed by atoms with Crippen molar-refractivity contribution in [1.82, 2.24) is 21.3 Å². The van der Waals surface area contributed by atoms with Gasteiger partial charge in [0.05, 0.1) is 0 Å². The van der Waals surface area contributed by atoms with Gasteiger partial charge in [0.15, 0.2) is 0 Å². The lowest BCUT2D eigenvalue weighted by atomic mass is 9.95. The van der Waals surface area contributed by atoms with Gasteiger partial charge in [-0.15, -0.1) is 0 Å². The third kappa shape index (κ3) is 6.80. The van der Waals surface area contributed by atoms with Crippen molar-refractivity contribution in [3.63, 3.8) is 0 Å². The summed E-state index contributed by atoms with van der Waals surface area (Å²) in [5.41, 5.74) is 3.14. The van der Waals surface area contributed by atoms with Crippen molar-refractivity contribution < 1.29 is 9.53 Å². The molecule has 2 saturated carbocycles. The normalized spacial score (nSPS) is 22.3. The Morgan fingerprint density at radius 1 is 1.11 bits per heavy atom. The van der Waals surface area contributed by atoms with E-state index in [4.69, 9.17) is 15.1 Å². The van der Waals surface area contributed by atoms with Crippen molar-refractivity contribution in [1.29, 1.82) is 5.41 Å². The van der Waals surface area contributed by atoms with Crippen LogP contribution >= 0.6 is 0 Å². The van der Waals surface area contributed by atoms with Crippen LogP contribution in [0.1, 0.15) is 79.3 Å². The Bertz CT molecular complexity index is 1090. The molecule has 8 heteroatoms. The number of nitrogens with zero attached hydrogens (tertiary/aromatic N) is 1.